The number of carbonyl (C=O) groups excluding carboxylic acids is 2. The normalized spacial score (nSPS) is 27.3. The van der Waals surface area contributed by atoms with Crippen LogP contribution >= 0.6 is 0 Å². The van der Waals surface area contributed by atoms with Gasteiger partial charge in [0.05, 0.1) is 29.1 Å². The second-order valence-electron chi connectivity index (χ2n) is 15.4. The average Bonchev–Trinajstić information content (AvgIpc) is 3.35. The van der Waals surface area contributed by atoms with Crippen LogP contribution in [0, 0.1) is 5.41 Å². The standard InChI is InChI=1S/C36H44N4O5S/c1-35(2,3)46(43,44)37-33(41)22-11-13-26-29(15-22)39-20-36(34(42)40-23-16-30(40)38(4)19-23)18-28(36)27-17-24(45-5)12-14-25(27)32(39)31(26)21-9-7-6-8-10-21/h11-15,17,21,23,28,30H,6-10,16,18-20H2,1-5H3,(H,37,41). The number of benzene rings is 2. The molecule has 1 aromatic heterocycles. The van der Waals surface area contributed by atoms with E-state index in [-0.39, 0.29) is 24.0 Å². The number of hydrogen-bond acceptors (Lipinski definition) is 6. The molecule has 1 N–H and O–H groups in total. The zero-order valence-corrected chi connectivity index (χ0v) is 28.2. The Balaban J connectivity index is 1.32. The van der Waals surface area contributed by atoms with E-state index in [0.29, 0.717) is 18.0 Å². The van der Waals surface area contributed by atoms with E-state index in [2.05, 4.69) is 38.3 Å². The van der Waals surface area contributed by atoms with Crippen LogP contribution in [-0.2, 0) is 21.4 Å². The second kappa shape index (κ2) is 10.1. The molecule has 0 radical (unpaired) electrons. The first-order valence-electron chi connectivity index (χ1n) is 16.8. The lowest BCUT2D eigenvalue weighted by Gasteiger charge is -2.43. The Morgan fingerprint density at radius 1 is 1.04 bits per heavy atom. The fourth-order valence-corrected chi connectivity index (χ4v) is 9.57. The number of amides is 2. The molecule has 4 unspecified atom stereocenters. The molecule has 9 rings (SSSR count). The Morgan fingerprint density at radius 2 is 1.80 bits per heavy atom. The lowest BCUT2D eigenvalue weighted by atomic mass is 9.81. The molecule has 5 fully saturated rings. The quantitative estimate of drug-likeness (QED) is 0.389. The largest absolute Gasteiger partial charge is 0.497 e. The fourth-order valence-electron chi connectivity index (χ4n) is 8.90. The first kappa shape index (κ1) is 30.0. The third-order valence-corrected chi connectivity index (χ3v) is 13.7. The summed E-state index contributed by atoms with van der Waals surface area (Å²) in [6.45, 7) is 6.17. The van der Waals surface area contributed by atoms with E-state index in [1.54, 1.807) is 33.9 Å². The number of hydrogen-bond donors (Lipinski definition) is 1. The Kier molecular flexibility index (Phi) is 6.56. The van der Waals surface area contributed by atoms with Gasteiger partial charge < -0.3 is 14.2 Å². The number of likely N-dealkylation sites (N-methyl/N-ethyl adjacent to an activating group) is 1. The third-order valence-electron chi connectivity index (χ3n) is 11.7. The molecule has 3 aromatic rings. The summed E-state index contributed by atoms with van der Waals surface area (Å²) in [4.78, 5) is 32.6. The van der Waals surface area contributed by atoms with Crippen LogP contribution in [0.4, 0.5) is 0 Å². The van der Waals surface area contributed by atoms with E-state index in [1.807, 2.05) is 18.2 Å². The zero-order valence-electron chi connectivity index (χ0n) is 27.4. The maximum Gasteiger partial charge on any atom is 0.264 e. The Labute approximate surface area is 271 Å². The number of methoxy groups -OCH3 is 1. The van der Waals surface area contributed by atoms with E-state index >= 15 is 0 Å². The predicted molar refractivity (Wildman–Crippen MR) is 177 cm³/mol. The molecule has 244 valence electrons. The molecule has 4 aliphatic heterocycles. The lowest BCUT2D eigenvalue weighted by molar-refractivity contribution is -0.149. The topological polar surface area (TPSA) is 101 Å². The number of fused-ring (bicyclic) bond motifs is 8. The average molecular weight is 645 g/mol. The second-order valence-corrected chi connectivity index (χ2v) is 17.8. The van der Waals surface area contributed by atoms with Crippen molar-refractivity contribution in [3.8, 4) is 17.0 Å². The molecule has 10 heteroatoms. The summed E-state index contributed by atoms with van der Waals surface area (Å²) in [5, 5.41) is 1.09. The van der Waals surface area contributed by atoms with Gasteiger partial charge in [0.25, 0.3) is 5.91 Å². The van der Waals surface area contributed by atoms with Crippen molar-refractivity contribution in [2.75, 3.05) is 20.7 Å². The number of rotatable bonds is 5. The number of aromatic nitrogens is 1. The van der Waals surface area contributed by atoms with Crippen LogP contribution in [0.2, 0.25) is 0 Å². The molecule has 0 spiro atoms. The van der Waals surface area contributed by atoms with Crippen LogP contribution in [0.5, 0.6) is 5.75 Å². The number of carbonyl (C=O) groups is 2. The van der Waals surface area contributed by atoms with Gasteiger partial charge >= 0.3 is 0 Å². The fraction of sp³-hybridized carbons (Fsp3) is 0.556. The van der Waals surface area contributed by atoms with Gasteiger partial charge in [0, 0.05) is 53.5 Å². The molecule has 2 amide bonds. The maximum absolute atomic E-state index is 14.7. The molecule has 3 saturated heterocycles. The van der Waals surface area contributed by atoms with Gasteiger partial charge in [0.2, 0.25) is 15.9 Å². The van der Waals surface area contributed by atoms with Crippen molar-refractivity contribution >= 4 is 32.7 Å². The highest BCUT2D eigenvalue weighted by atomic mass is 32.2. The molecule has 46 heavy (non-hydrogen) atoms. The van der Waals surface area contributed by atoms with Crippen LogP contribution in [0.1, 0.15) is 99.0 Å². The summed E-state index contributed by atoms with van der Waals surface area (Å²) in [6, 6.07) is 12.2. The molecule has 2 bridgehead atoms. The molecule has 2 saturated carbocycles. The molecule has 4 atom stereocenters. The smallest absolute Gasteiger partial charge is 0.264 e. The number of nitrogens with one attached hydrogen (secondary N) is 1. The van der Waals surface area contributed by atoms with Gasteiger partial charge in [0.15, 0.2) is 0 Å². The van der Waals surface area contributed by atoms with E-state index in [0.717, 1.165) is 60.1 Å². The van der Waals surface area contributed by atoms with Gasteiger partial charge in [-0.3, -0.25) is 14.5 Å². The van der Waals surface area contributed by atoms with Crippen LogP contribution < -0.4 is 9.46 Å². The van der Waals surface area contributed by atoms with Gasteiger partial charge in [-0.2, -0.15) is 0 Å². The summed E-state index contributed by atoms with van der Waals surface area (Å²) in [7, 11) is -0.0972. The first-order valence-corrected chi connectivity index (χ1v) is 18.3. The molecule has 2 aliphatic carbocycles. The van der Waals surface area contributed by atoms with E-state index in [1.165, 1.54) is 30.4 Å². The minimum Gasteiger partial charge on any atom is -0.497 e. The Hall–Kier alpha value is -3.37. The molecular weight excluding hydrogens is 600 g/mol. The number of sulfonamides is 1. The first-order chi connectivity index (χ1) is 21.8. The predicted octanol–water partition coefficient (Wildman–Crippen LogP) is 5.58. The highest BCUT2D eigenvalue weighted by Crippen LogP contribution is 2.67. The van der Waals surface area contributed by atoms with Crippen molar-refractivity contribution < 1.29 is 22.7 Å². The third kappa shape index (κ3) is 4.24. The van der Waals surface area contributed by atoms with Crippen LogP contribution in [0.25, 0.3) is 22.2 Å². The molecule has 6 aliphatic rings. The SMILES string of the molecule is COc1ccc2c(c1)C1CC1(C(=O)N1C3CC1N(C)C3)Cn1c-2c(C2CCCCC2)c2ccc(C(=O)NS(=O)(=O)C(C)(C)C)cc21. The summed E-state index contributed by atoms with van der Waals surface area (Å²) < 4.78 is 35.1. The summed E-state index contributed by atoms with van der Waals surface area (Å²) in [6.07, 6.45) is 7.75. The summed E-state index contributed by atoms with van der Waals surface area (Å²) >= 11 is 0. The highest BCUT2D eigenvalue weighted by Gasteiger charge is 2.67. The minimum absolute atomic E-state index is 0.0768. The van der Waals surface area contributed by atoms with Gasteiger partial charge in [-0.05, 0) is 94.5 Å². The van der Waals surface area contributed by atoms with Crippen LogP contribution in [0.3, 0.4) is 0 Å². The minimum atomic E-state index is -3.89. The molecule has 9 nitrogen and oxygen atoms in total. The molecule has 5 heterocycles. The van der Waals surface area contributed by atoms with Crippen LogP contribution in [-0.4, -0.2) is 72.3 Å². The van der Waals surface area contributed by atoms with Crippen LogP contribution in [0.15, 0.2) is 36.4 Å². The van der Waals surface area contributed by atoms with Gasteiger partial charge in [0.1, 0.15) is 5.75 Å². The van der Waals surface area contributed by atoms with Crippen molar-refractivity contribution in [2.45, 2.75) is 101 Å². The maximum atomic E-state index is 14.7. The highest BCUT2D eigenvalue weighted by molar-refractivity contribution is 7.91. The summed E-state index contributed by atoms with van der Waals surface area (Å²) in [5.41, 5.74) is 5.34. The summed E-state index contributed by atoms with van der Waals surface area (Å²) in [5.74, 6) is 0.826. The van der Waals surface area contributed by atoms with Gasteiger partial charge in [-0.15, -0.1) is 0 Å². The number of ether oxygens (including phenoxy) is 1. The van der Waals surface area contributed by atoms with E-state index in [4.69, 9.17) is 4.74 Å². The Morgan fingerprint density at radius 3 is 2.46 bits per heavy atom. The zero-order chi connectivity index (χ0) is 32.3. The lowest BCUT2D eigenvalue weighted by Crippen LogP contribution is -2.57. The van der Waals surface area contributed by atoms with Crippen molar-refractivity contribution in [2.24, 2.45) is 5.41 Å². The van der Waals surface area contributed by atoms with Crippen molar-refractivity contribution in [1.29, 1.82) is 0 Å². The van der Waals surface area contributed by atoms with Crippen molar-refractivity contribution in [3.05, 3.63) is 53.1 Å². The van der Waals surface area contributed by atoms with Gasteiger partial charge in [-0.25, -0.2) is 13.1 Å². The molecular formula is C36H44N4O5S. The van der Waals surface area contributed by atoms with Crippen molar-refractivity contribution in [3.63, 3.8) is 0 Å². The Bertz CT molecular complexity index is 1900. The van der Waals surface area contributed by atoms with E-state index < -0.39 is 26.1 Å². The number of nitrogens with zero attached hydrogens (tertiary/aromatic N) is 3. The van der Waals surface area contributed by atoms with Gasteiger partial charge in [-0.1, -0.05) is 25.3 Å². The monoisotopic (exact) mass is 644 g/mol. The van der Waals surface area contributed by atoms with Crippen molar-refractivity contribution in [1.82, 2.24) is 19.1 Å². The molecule has 2 aromatic carbocycles. The van der Waals surface area contributed by atoms with E-state index in [9.17, 15) is 18.0 Å².